The van der Waals surface area contributed by atoms with Gasteiger partial charge in [-0.15, -0.1) is 0 Å². The topological polar surface area (TPSA) is 0 Å². The van der Waals surface area contributed by atoms with Gasteiger partial charge in [-0.1, -0.05) is 7.43 Å². The lowest BCUT2D eigenvalue weighted by atomic mass is 11.9. The molecule has 0 nitrogen and oxygen atoms in total. The van der Waals surface area contributed by atoms with E-state index in [4.69, 9.17) is 0 Å². The van der Waals surface area contributed by atoms with Gasteiger partial charge in [-0.3, -0.25) is 0 Å². The molecule has 0 heterocycles. The maximum Gasteiger partial charge on any atom is 0.195 e. The lowest BCUT2D eigenvalue weighted by Crippen LogP contribution is -1.09. The Bertz CT molecular complexity index is 6.00. The van der Waals surface area contributed by atoms with E-state index in [2.05, 4.69) is 15.9 Å². The fraction of sp³-hybridized carbons (Fsp3) is 0.500. The van der Waals surface area contributed by atoms with Gasteiger partial charge >= 0.3 is 0 Å². The predicted octanol–water partition coefficient (Wildman–Crippen LogP) is 2.11. The summed E-state index contributed by atoms with van der Waals surface area (Å²) in [5, 5.41) is 0. The summed E-state index contributed by atoms with van der Waals surface area (Å²) in [5.74, 6) is 0. The van der Waals surface area contributed by atoms with Crippen molar-refractivity contribution < 1.29 is 4.39 Å². The summed E-state index contributed by atoms with van der Waals surface area (Å²) in [6.07, 6.45) is 0. The predicted molar refractivity (Wildman–Crippen MR) is 21.1 cm³/mol. The molecule has 0 fully saturated rings. The lowest BCUT2D eigenvalue weighted by molar-refractivity contribution is 0.696. The zero-order valence-electron chi connectivity index (χ0n) is 1.33. The van der Waals surface area contributed by atoms with Crippen LogP contribution in [0.5, 0.6) is 0 Å². The largest absolute Gasteiger partial charge is 0.231 e. The van der Waals surface area contributed by atoms with Gasteiger partial charge in [0.1, 0.15) is 0 Å². The van der Waals surface area contributed by atoms with Crippen LogP contribution in [0.1, 0.15) is 7.43 Å². The second-order valence-corrected chi connectivity index (χ2v) is 0.429. The number of hydrogen-bond donors (Lipinski definition) is 0. The number of hydrogen-bond acceptors (Lipinski definition) is 0. The maximum atomic E-state index is 10.1. The van der Waals surface area contributed by atoms with E-state index in [1.54, 1.807) is 0 Å². The van der Waals surface area contributed by atoms with E-state index >= 15 is 0 Å². The Hall–Kier alpha value is 0.410. The molecular weight excluding hydrogens is 123 g/mol. The fourth-order valence-electron chi connectivity index (χ4n) is 0. The van der Waals surface area contributed by atoms with E-state index in [1.165, 1.54) is 0 Å². The summed E-state index contributed by atoms with van der Waals surface area (Å²) >= 11 is 2.35. The van der Waals surface area contributed by atoms with Gasteiger partial charge in [-0.05, 0) is 15.9 Å². The van der Waals surface area contributed by atoms with Crippen LogP contribution < -0.4 is 0 Å². The second kappa shape index (κ2) is 9.96. The molecule has 0 aromatic carbocycles. The molecule has 0 aromatic rings. The van der Waals surface area contributed by atoms with Crippen molar-refractivity contribution in [2.75, 3.05) is 0 Å². The van der Waals surface area contributed by atoms with Crippen molar-refractivity contribution in [3.63, 3.8) is 0 Å². The van der Waals surface area contributed by atoms with E-state index in [0.29, 0.717) is 5.58 Å². The highest BCUT2D eigenvalue weighted by Gasteiger charge is 1.45. The standard InChI is InChI=1S/CHBrF.CH4/c2-1-3;/h1H;1H4. The minimum absolute atomic E-state index is 0. The highest BCUT2D eigenvalue weighted by Crippen LogP contribution is 1.82. The van der Waals surface area contributed by atoms with E-state index in [1.807, 2.05) is 0 Å². The Balaban J connectivity index is 0. The van der Waals surface area contributed by atoms with Gasteiger partial charge in [0.25, 0.3) is 0 Å². The molecule has 0 rings (SSSR count). The zero-order chi connectivity index (χ0) is 2.71. The van der Waals surface area contributed by atoms with Crippen molar-refractivity contribution in [1.82, 2.24) is 0 Å². The minimum atomic E-state index is 0. The second-order valence-electron chi connectivity index (χ2n) is 0.0825. The van der Waals surface area contributed by atoms with Gasteiger partial charge in [-0.25, -0.2) is 4.39 Å². The number of rotatable bonds is 0. The molecule has 1 radical (unpaired) electrons. The van der Waals surface area contributed by atoms with Crippen LogP contribution in [-0.4, -0.2) is 0 Å². The third-order valence-electron chi connectivity index (χ3n) is 0. The van der Waals surface area contributed by atoms with Gasteiger partial charge in [0.05, 0.1) is 0 Å². The smallest absolute Gasteiger partial charge is 0.195 e. The molecule has 0 N–H and O–H groups in total. The summed E-state index contributed by atoms with van der Waals surface area (Å²) in [4.78, 5) is 0. The average molecular weight is 128 g/mol. The Morgan fingerprint density at radius 2 is 1.75 bits per heavy atom. The zero-order valence-corrected chi connectivity index (χ0v) is 2.92. The van der Waals surface area contributed by atoms with Crippen molar-refractivity contribution in [2.24, 2.45) is 0 Å². The summed E-state index contributed by atoms with van der Waals surface area (Å²) < 4.78 is 10.1. The van der Waals surface area contributed by atoms with Gasteiger partial charge in [0.2, 0.25) is 0 Å². The molecule has 0 saturated carbocycles. The van der Waals surface area contributed by atoms with Crippen LogP contribution in [-0.2, 0) is 0 Å². The Morgan fingerprint density at radius 1 is 1.75 bits per heavy atom. The van der Waals surface area contributed by atoms with Crippen LogP contribution in [0.3, 0.4) is 0 Å². The first-order valence-corrected chi connectivity index (χ1v) is 1.35. The van der Waals surface area contributed by atoms with Gasteiger partial charge in [0, 0.05) is 0 Å². The van der Waals surface area contributed by atoms with E-state index in [-0.39, 0.29) is 7.43 Å². The molecule has 2 heteroatoms. The SMILES string of the molecule is C.F[CH]Br. The molecular formula is C2H5BrF. The maximum absolute atomic E-state index is 10.1. The summed E-state index contributed by atoms with van der Waals surface area (Å²) in [6.45, 7) is 0. The fourth-order valence-corrected chi connectivity index (χ4v) is 0. The van der Waals surface area contributed by atoms with Crippen molar-refractivity contribution in [3.8, 4) is 0 Å². The third-order valence-corrected chi connectivity index (χ3v) is 0. The van der Waals surface area contributed by atoms with Gasteiger partial charge in [-0.2, -0.15) is 0 Å². The molecule has 0 saturated heterocycles. The summed E-state index contributed by atoms with van der Waals surface area (Å²) in [6, 6.07) is 0. The van der Waals surface area contributed by atoms with Crippen molar-refractivity contribution in [2.45, 2.75) is 7.43 Å². The van der Waals surface area contributed by atoms with Crippen molar-refractivity contribution in [3.05, 3.63) is 5.58 Å². The molecule has 0 atom stereocenters. The number of halogens is 2. The molecule has 0 aromatic heterocycles. The highest BCUT2D eigenvalue weighted by molar-refractivity contribution is 9.10. The summed E-state index contributed by atoms with van der Waals surface area (Å²) in [7, 11) is 0. The first-order valence-electron chi connectivity index (χ1n) is 0.436. The van der Waals surface area contributed by atoms with Crippen LogP contribution in [0.15, 0.2) is 0 Å². The molecule has 0 aliphatic carbocycles. The van der Waals surface area contributed by atoms with Crippen LogP contribution in [0, 0.1) is 5.58 Å². The first-order chi connectivity index (χ1) is 1.41. The summed E-state index contributed by atoms with van der Waals surface area (Å²) in [5.41, 5.74) is 0.312. The van der Waals surface area contributed by atoms with Gasteiger partial charge < -0.3 is 0 Å². The third kappa shape index (κ3) is 28.5. The van der Waals surface area contributed by atoms with Crippen LogP contribution >= 0.6 is 15.9 Å². The van der Waals surface area contributed by atoms with E-state index in [9.17, 15) is 4.39 Å². The molecule has 0 bridgehead atoms. The molecule has 0 amide bonds. The molecule has 0 aliphatic rings. The first kappa shape index (κ1) is 8.83. The average Bonchev–Trinajstić information content (AvgIpc) is 0.918. The molecule has 0 unspecified atom stereocenters. The van der Waals surface area contributed by atoms with E-state index in [0.717, 1.165) is 0 Å². The highest BCUT2D eigenvalue weighted by atomic mass is 79.9. The Labute approximate surface area is 34.1 Å². The van der Waals surface area contributed by atoms with Crippen molar-refractivity contribution in [1.29, 1.82) is 0 Å². The molecule has 0 spiro atoms. The van der Waals surface area contributed by atoms with Crippen LogP contribution in [0.25, 0.3) is 0 Å². The van der Waals surface area contributed by atoms with E-state index < -0.39 is 0 Å². The normalized spacial score (nSPS) is 4.50. The van der Waals surface area contributed by atoms with Crippen LogP contribution in [0.2, 0.25) is 0 Å². The van der Waals surface area contributed by atoms with Crippen molar-refractivity contribution >= 4 is 15.9 Å². The lowest BCUT2D eigenvalue weighted by Gasteiger charge is -1.40. The molecule has 0 aliphatic heterocycles. The molecule has 27 valence electrons. The minimum Gasteiger partial charge on any atom is -0.231 e. The quantitative estimate of drug-likeness (QED) is 0.468. The molecule has 4 heavy (non-hydrogen) atoms. The monoisotopic (exact) mass is 127 g/mol. The Morgan fingerprint density at radius 3 is 1.75 bits per heavy atom. The Kier molecular flexibility index (Phi) is 22.0. The van der Waals surface area contributed by atoms with Crippen LogP contribution in [0.4, 0.5) is 4.39 Å². The van der Waals surface area contributed by atoms with Gasteiger partial charge in [0.15, 0.2) is 5.58 Å².